The van der Waals surface area contributed by atoms with E-state index < -0.39 is 12.3 Å². The maximum absolute atomic E-state index is 10.5. The first-order valence-corrected chi connectivity index (χ1v) is 6.01. The van der Waals surface area contributed by atoms with Gasteiger partial charge in [0.05, 0.1) is 19.9 Å². The van der Waals surface area contributed by atoms with Crippen LogP contribution < -0.4 is 4.74 Å². The molecule has 1 aromatic carbocycles. The van der Waals surface area contributed by atoms with Crippen LogP contribution in [0.25, 0.3) is 0 Å². The van der Waals surface area contributed by atoms with Gasteiger partial charge in [0.25, 0.3) is 0 Å². The van der Waals surface area contributed by atoms with Crippen LogP contribution >= 0.6 is 0 Å². The van der Waals surface area contributed by atoms with Crippen molar-refractivity contribution in [2.45, 2.75) is 19.6 Å². The lowest BCUT2D eigenvalue weighted by Gasteiger charge is -2.05. The van der Waals surface area contributed by atoms with E-state index in [1.54, 1.807) is 24.9 Å². The van der Waals surface area contributed by atoms with E-state index in [1.807, 2.05) is 24.3 Å². The van der Waals surface area contributed by atoms with Gasteiger partial charge in [0.1, 0.15) is 17.5 Å². The summed E-state index contributed by atoms with van der Waals surface area (Å²) in [5, 5.41) is 16.4. The van der Waals surface area contributed by atoms with E-state index >= 15 is 0 Å². The Labute approximate surface area is 115 Å². The maximum Gasteiger partial charge on any atom is 0.506 e. The summed E-state index contributed by atoms with van der Waals surface area (Å²) in [5.41, 5.74) is 1.51. The summed E-state index contributed by atoms with van der Waals surface area (Å²) in [4.78, 5) is 10.5. The molecular weight excluding hydrogens is 262 g/mol. The summed E-state index contributed by atoms with van der Waals surface area (Å²) in [5.74, 6) is 0.788. The molecule has 0 aliphatic rings. The van der Waals surface area contributed by atoms with E-state index in [0.717, 1.165) is 11.3 Å². The molecule has 106 valence electrons. The molecular formula is C13H15N3O4. The van der Waals surface area contributed by atoms with Crippen LogP contribution in [0, 0.1) is 0 Å². The van der Waals surface area contributed by atoms with Crippen molar-refractivity contribution in [3.05, 3.63) is 41.7 Å². The number of benzene rings is 1. The number of carboxylic acid groups (broad SMARTS) is 1. The lowest BCUT2D eigenvalue weighted by Crippen LogP contribution is -2.06. The third-order valence-electron chi connectivity index (χ3n) is 2.75. The minimum absolute atomic E-state index is 0.473. The van der Waals surface area contributed by atoms with Crippen LogP contribution in [0.15, 0.2) is 30.5 Å². The summed E-state index contributed by atoms with van der Waals surface area (Å²) >= 11 is 0. The van der Waals surface area contributed by atoms with Crippen molar-refractivity contribution in [1.82, 2.24) is 15.0 Å². The summed E-state index contributed by atoms with van der Waals surface area (Å²) in [6, 6.07) is 7.58. The second-order valence-corrected chi connectivity index (χ2v) is 4.22. The molecule has 1 N–H and O–H groups in total. The van der Waals surface area contributed by atoms with Gasteiger partial charge in [0.2, 0.25) is 0 Å². The van der Waals surface area contributed by atoms with Gasteiger partial charge in [0, 0.05) is 0 Å². The van der Waals surface area contributed by atoms with Gasteiger partial charge < -0.3 is 14.6 Å². The highest BCUT2D eigenvalue weighted by Crippen LogP contribution is 2.15. The first kappa shape index (κ1) is 13.9. The third-order valence-corrected chi connectivity index (χ3v) is 2.75. The van der Waals surface area contributed by atoms with Crippen LogP contribution in [0.3, 0.4) is 0 Å². The fourth-order valence-corrected chi connectivity index (χ4v) is 1.71. The predicted octanol–water partition coefficient (Wildman–Crippen LogP) is 2.09. The van der Waals surface area contributed by atoms with Crippen molar-refractivity contribution in [2.75, 3.05) is 7.11 Å². The van der Waals surface area contributed by atoms with Gasteiger partial charge in [-0.25, -0.2) is 9.48 Å². The van der Waals surface area contributed by atoms with Crippen molar-refractivity contribution in [3.63, 3.8) is 0 Å². The molecule has 0 bridgehead atoms. The van der Waals surface area contributed by atoms with Gasteiger partial charge in [-0.05, 0) is 24.6 Å². The Morgan fingerprint density at radius 1 is 1.40 bits per heavy atom. The average molecular weight is 277 g/mol. The fourth-order valence-electron chi connectivity index (χ4n) is 1.71. The molecule has 7 heteroatoms. The van der Waals surface area contributed by atoms with E-state index in [9.17, 15) is 4.79 Å². The van der Waals surface area contributed by atoms with Gasteiger partial charge in [-0.1, -0.05) is 17.3 Å². The Morgan fingerprint density at radius 3 is 2.70 bits per heavy atom. The number of aromatic nitrogens is 3. The normalized spacial score (nSPS) is 11.9. The minimum atomic E-state index is -1.33. The van der Waals surface area contributed by atoms with Crippen molar-refractivity contribution in [3.8, 4) is 5.75 Å². The molecule has 0 spiro atoms. The molecule has 0 amide bonds. The van der Waals surface area contributed by atoms with Gasteiger partial charge in [-0.15, -0.1) is 5.10 Å². The second kappa shape index (κ2) is 6.05. The molecule has 1 heterocycles. The quantitative estimate of drug-likeness (QED) is 0.842. The van der Waals surface area contributed by atoms with Crippen LogP contribution in [0.1, 0.15) is 24.3 Å². The van der Waals surface area contributed by atoms with Crippen LogP contribution in [0.5, 0.6) is 5.75 Å². The number of ether oxygens (including phenoxy) is 2. The highest BCUT2D eigenvalue weighted by Gasteiger charge is 2.14. The maximum atomic E-state index is 10.5. The molecule has 0 fully saturated rings. The highest BCUT2D eigenvalue weighted by atomic mass is 16.7. The molecule has 0 aliphatic heterocycles. The van der Waals surface area contributed by atoms with E-state index in [1.165, 1.54) is 0 Å². The molecule has 7 nitrogen and oxygen atoms in total. The summed E-state index contributed by atoms with van der Waals surface area (Å²) < 4.78 is 11.3. The van der Waals surface area contributed by atoms with Crippen molar-refractivity contribution >= 4 is 6.16 Å². The van der Waals surface area contributed by atoms with Crippen LogP contribution in [-0.4, -0.2) is 33.4 Å². The molecule has 1 atom stereocenters. The van der Waals surface area contributed by atoms with Crippen molar-refractivity contribution < 1.29 is 19.4 Å². The second-order valence-electron chi connectivity index (χ2n) is 4.22. The topological polar surface area (TPSA) is 86.5 Å². The van der Waals surface area contributed by atoms with E-state index in [-0.39, 0.29) is 0 Å². The Balaban J connectivity index is 2.03. The monoisotopic (exact) mass is 277 g/mol. The van der Waals surface area contributed by atoms with Crippen LogP contribution in [0.2, 0.25) is 0 Å². The zero-order chi connectivity index (χ0) is 14.5. The summed E-state index contributed by atoms with van der Waals surface area (Å²) in [6.45, 7) is 2.15. The Kier molecular flexibility index (Phi) is 4.19. The zero-order valence-corrected chi connectivity index (χ0v) is 11.2. The van der Waals surface area contributed by atoms with Gasteiger partial charge in [-0.3, -0.25) is 0 Å². The lowest BCUT2D eigenvalue weighted by atomic mass is 10.2. The predicted molar refractivity (Wildman–Crippen MR) is 69.6 cm³/mol. The molecule has 0 saturated heterocycles. The Hall–Kier alpha value is -2.57. The summed E-state index contributed by atoms with van der Waals surface area (Å²) in [6.07, 6.45) is -0.308. The molecule has 2 rings (SSSR count). The average Bonchev–Trinajstić information content (AvgIpc) is 2.87. The smallest absolute Gasteiger partial charge is 0.497 e. The number of hydrogen-bond acceptors (Lipinski definition) is 5. The molecule has 0 aliphatic carbocycles. The van der Waals surface area contributed by atoms with E-state index in [0.29, 0.717) is 12.2 Å². The van der Waals surface area contributed by atoms with Gasteiger partial charge in [0.15, 0.2) is 0 Å². The molecule has 0 radical (unpaired) electrons. The zero-order valence-electron chi connectivity index (χ0n) is 11.2. The SMILES string of the molecule is COc1ccc(Cn2cc(C(C)OC(=O)O)nn2)cc1. The van der Waals surface area contributed by atoms with E-state index in [4.69, 9.17) is 9.84 Å². The van der Waals surface area contributed by atoms with Crippen LogP contribution in [0.4, 0.5) is 4.79 Å². The fraction of sp³-hybridized carbons (Fsp3) is 0.308. The molecule has 1 unspecified atom stereocenters. The number of methoxy groups -OCH3 is 1. The minimum Gasteiger partial charge on any atom is -0.497 e. The first-order valence-electron chi connectivity index (χ1n) is 6.01. The van der Waals surface area contributed by atoms with E-state index in [2.05, 4.69) is 15.0 Å². The van der Waals surface area contributed by atoms with Crippen molar-refractivity contribution in [1.29, 1.82) is 0 Å². The largest absolute Gasteiger partial charge is 0.506 e. The number of carbonyl (C=O) groups is 1. The number of rotatable bonds is 5. The lowest BCUT2D eigenvalue weighted by molar-refractivity contribution is 0.0570. The Morgan fingerprint density at radius 2 is 2.10 bits per heavy atom. The molecule has 1 aromatic heterocycles. The molecule has 2 aromatic rings. The molecule has 0 saturated carbocycles. The summed E-state index contributed by atoms with van der Waals surface area (Å²) in [7, 11) is 1.61. The third kappa shape index (κ3) is 3.47. The van der Waals surface area contributed by atoms with Gasteiger partial charge in [-0.2, -0.15) is 0 Å². The highest BCUT2D eigenvalue weighted by molar-refractivity contribution is 5.57. The van der Waals surface area contributed by atoms with Crippen molar-refractivity contribution in [2.24, 2.45) is 0 Å². The first-order chi connectivity index (χ1) is 9.58. The number of nitrogens with zero attached hydrogens (tertiary/aromatic N) is 3. The van der Waals surface area contributed by atoms with Crippen LogP contribution in [-0.2, 0) is 11.3 Å². The number of hydrogen-bond donors (Lipinski definition) is 1. The standard InChI is InChI=1S/C13H15N3O4/c1-9(20-13(17)18)12-8-16(15-14-12)7-10-3-5-11(19-2)6-4-10/h3-6,8-9H,7H2,1-2H3,(H,17,18). The Bertz CT molecular complexity index is 580. The molecule has 20 heavy (non-hydrogen) atoms. The van der Waals surface area contributed by atoms with Gasteiger partial charge >= 0.3 is 6.16 Å².